The molecule has 0 spiro atoms. The summed E-state index contributed by atoms with van der Waals surface area (Å²) in [5.41, 5.74) is 0. The van der Waals surface area contributed by atoms with E-state index in [1.807, 2.05) is 6.26 Å². The van der Waals surface area contributed by atoms with Crippen molar-refractivity contribution in [3.05, 3.63) is 12.3 Å². The molecule has 2 aliphatic rings. The van der Waals surface area contributed by atoms with E-state index in [-0.39, 0.29) is 0 Å². The van der Waals surface area contributed by atoms with Crippen molar-refractivity contribution in [2.24, 2.45) is 0 Å². The van der Waals surface area contributed by atoms with Gasteiger partial charge in [-0.3, -0.25) is 0 Å². The Labute approximate surface area is 84.1 Å². The predicted molar refractivity (Wildman–Crippen MR) is 57.0 cm³/mol. The monoisotopic (exact) mass is 199 g/mol. The van der Waals surface area contributed by atoms with Gasteiger partial charge < -0.3 is 10.1 Å². The molecular weight excluding hydrogens is 182 g/mol. The second-order valence-corrected chi connectivity index (χ2v) is 4.83. The van der Waals surface area contributed by atoms with Crippen LogP contribution in [-0.4, -0.2) is 30.2 Å². The molecule has 0 saturated carbocycles. The second kappa shape index (κ2) is 4.91. The van der Waals surface area contributed by atoms with Gasteiger partial charge in [0, 0.05) is 18.3 Å². The van der Waals surface area contributed by atoms with E-state index in [0.29, 0.717) is 6.10 Å². The van der Waals surface area contributed by atoms with Gasteiger partial charge in [-0.05, 0) is 31.1 Å². The lowest BCUT2D eigenvalue weighted by atomic mass is 10.1. The van der Waals surface area contributed by atoms with Crippen LogP contribution >= 0.6 is 11.8 Å². The highest BCUT2D eigenvalue weighted by Gasteiger charge is 2.17. The van der Waals surface area contributed by atoms with Gasteiger partial charge in [0.05, 0.1) is 6.26 Å². The maximum atomic E-state index is 5.49. The van der Waals surface area contributed by atoms with E-state index in [0.717, 1.165) is 12.6 Å². The number of hydrogen-bond donors (Lipinski definition) is 1. The van der Waals surface area contributed by atoms with E-state index in [2.05, 4.69) is 23.2 Å². The Morgan fingerprint density at radius 3 is 3.15 bits per heavy atom. The Balaban J connectivity index is 1.63. The Bertz CT molecular complexity index is 178. The molecule has 2 rings (SSSR count). The fourth-order valence-corrected chi connectivity index (χ4v) is 2.92. The van der Waals surface area contributed by atoms with Crippen molar-refractivity contribution in [1.82, 2.24) is 5.32 Å². The summed E-state index contributed by atoms with van der Waals surface area (Å²) in [6.07, 6.45) is 8.03. The Hall–Kier alpha value is -0.150. The highest BCUT2D eigenvalue weighted by molar-refractivity contribution is 7.99. The molecule has 3 heteroatoms. The van der Waals surface area contributed by atoms with Gasteiger partial charge in [-0.2, -0.15) is 11.8 Å². The van der Waals surface area contributed by atoms with Crippen molar-refractivity contribution in [2.45, 2.75) is 31.4 Å². The molecule has 0 bridgehead atoms. The van der Waals surface area contributed by atoms with Crippen LogP contribution in [-0.2, 0) is 4.74 Å². The topological polar surface area (TPSA) is 21.3 Å². The zero-order valence-corrected chi connectivity index (χ0v) is 8.69. The van der Waals surface area contributed by atoms with Crippen molar-refractivity contribution in [3.8, 4) is 0 Å². The van der Waals surface area contributed by atoms with Crippen LogP contribution in [0.2, 0.25) is 0 Å². The number of allylic oxidation sites excluding steroid dienone is 1. The van der Waals surface area contributed by atoms with Crippen molar-refractivity contribution in [3.63, 3.8) is 0 Å². The van der Waals surface area contributed by atoms with Gasteiger partial charge in [-0.25, -0.2) is 0 Å². The molecule has 2 unspecified atom stereocenters. The van der Waals surface area contributed by atoms with Gasteiger partial charge in [0.25, 0.3) is 0 Å². The summed E-state index contributed by atoms with van der Waals surface area (Å²) in [4.78, 5) is 0. The molecule has 2 aliphatic heterocycles. The molecule has 0 amide bonds. The number of hydrogen-bond acceptors (Lipinski definition) is 3. The van der Waals surface area contributed by atoms with Crippen LogP contribution in [0, 0.1) is 0 Å². The van der Waals surface area contributed by atoms with Crippen molar-refractivity contribution in [1.29, 1.82) is 0 Å². The number of nitrogens with one attached hydrogen (secondary N) is 1. The lowest BCUT2D eigenvalue weighted by molar-refractivity contribution is 0.120. The van der Waals surface area contributed by atoms with Gasteiger partial charge in [0.2, 0.25) is 0 Å². The molecule has 0 radical (unpaired) electrons. The minimum Gasteiger partial charge on any atom is -0.497 e. The quantitative estimate of drug-likeness (QED) is 0.748. The first-order valence-electron chi connectivity index (χ1n) is 5.07. The molecule has 0 aromatic carbocycles. The Kier molecular flexibility index (Phi) is 3.56. The number of thioether (sulfide) groups is 1. The van der Waals surface area contributed by atoms with Crippen molar-refractivity contribution < 1.29 is 4.74 Å². The summed E-state index contributed by atoms with van der Waals surface area (Å²) in [6, 6.07) is 0.736. The summed E-state index contributed by atoms with van der Waals surface area (Å²) in [6.45, 7) is 1.02. The van der Waals surface area contributed by atoms with E-state index in [9.17, 15) is 0 Å². The van der Waals surface area contributed by atoms with Crippen LogP contribution < -0.4 is 5.32 Å². The van der Waals surface area contributed by atoms with Gasteiger partial charge >= 0.3 is 0 Å². The third-order valence-electron chi connectivity index (χ3n) is 2.59. The average Bonchev–Trinajstić information content (AvgIpc) is 2.69. The van der Waals surface area contributed by atoms with Gasteiger partial charge in [-0.1, -0.05) is 0 Å². The van der Waals surface area contributed by atoms with Gasteiger partial charge in [0.1, 0.15) is 6.10 Å². The first kappa shape index (κ1) is 9.41. The first-order chi connectivity index (χ1) is 6.45. The predicted octanol–water partition coefficient (Wildman–Crippen LogP) is 1.77. The molecule has 0 aliphatic carbocycles. The van der Waals surface area contributed by atoms with Gasteiger partial charge in [0.15, 0.2) is 0 Å². The van der Waals surface area contributed by atoms with E-state index in [4.69, 9.17) is 4.74 Å². The largest absolute Gasteiger partial charge is 0.497 e. The summed E-state index contributed by atoms with van der Waals surface area (Å²) in [5, 5.41) is 3.57. The fraction of sp³-hybridized carbons (Fsp3) is 0.800. The minimum absolute atomic E-state index is 0.413. The molecule has 2 nitrogen and oxygen atoms in total. The molecule has 0 aromatic heterocycles. The third-order valence-corrected chi connectivity index (χ3v) is 3.75. The average molecular weight is 199 g/mol. The van der Waals surface area contributed by atoms with Crippen LogP contribution in [0.3, 0.4) is 0 Å². The van der Waals surface area contributed by atoms with Gasteiger partial charge in [-0.15, -0.1) is 0 Å². The Morgan fingerprint density at radius 2 is 2.46 bits per heavy atom. The molecule has 2 atom stereocenters. The molecule has 1 saturated heterocycles. The summed E-state index contributed by atoms with van der Waals surface area (Å²) in [5.74, 6) is 2.60. The molecule has 0 aromatic rings. The summed E-state index contributed by atoms with van der Waals surface area (Å²) >= 11 is 2.05. The van der Waals surface area contributed by atoms with E-state index >= 15 is 0 Å². The summed E-state index contributed by atoms with van der Waals surface area (Å²) < 4.78 is 5.49. The lowest BCUT2D eigenvalue weighted by Gasteiger charge is -2.21. The van der Waals surface area contributed by atoms with Crippen LogP contribution in [0.25, 0.3) is 0 Å². The smallest absolute Gasteiger partial charge is 0.110 e. The third kappa shape index (κ3) is 2.92. The fourth-order valence-electron chi connectivity index (χ4n) is 1.73. The molecule has 1 fully saturated rings. The molecule has 13 heavy (non-hydrogen) atoms. The van der Waals surface area contributed by atoms with Crippen molar-refractivity contribution in [2.75, 3.05) is 18.1 Å². The summed E-state index contributed by atoms with van der Waals surface area (Å²) in [7, 11) is 0. The first-order valence-corrected chi connectivity index (χ1v) is 6.22. The molecular formula is C10H17NOS. The molecule has 74 valence electrons. The SMILES string of the molecule is C1=COC(CNC2CCSC2)CC1. The Morgan fingerprint density at radius 1 is 1.46 bits per heavy atom. The van der Waals surface area contributed by atoms with Crippen LogP contribution in [0.4, 0.5) is 0 Å². The second-order valence-electron chi connectivity index (χ2n) is 3.68. The number of rotatable bonds is 3. The van der Waals surface area contributed by atoms with Crippen LogP contribution in [0.15, 0.2) is 12.3 Å². The van der Waals surface area contributed by atoms with Crippen LogP contribution in [0.1, 0.15) is 19.3 Å². The van der Waals surface area contributed by atoms with E-state index in [1.54, 1.807) is 0 Å². The van der Waals surface area contributed by atoms with E-state index < -0.39 is 0 Å². The maximum absolute atomic E-state index is 5.49. The maximum Gasteiger partial charge on any atom is 0.110 e. The highest BCUT2D eigenvalue weighted by Crippen LogP contribution is 2.17. The number of ether oxygens (including phenoxy) is 1. The molecule has 1 N–H and O–H groups in total. The highest BCUT2D eigenvalue weighted by atomic mass is 32.2. The standard InChI is InChI=1S/C10H17NOS/c1-2-5-12-10(3-1)7-11-9-4-6-13-8-9/h2,5,9-11H,1,3-4,6-8H2. The van der Waals surface area contributed by atoms with Crippen molar-refractivity contribution >= 4 is 11.8 Å². The normalized spacial score (nSPS) is 33.2. The molecule has 2 heterocycles. The van der Waals surface area contributed by atoms with E-state index in [1.165, 1.54) is 30.8 Å². The lowest BCUT2D eigenvalue weighted by Crippen LogP contribution is -2.36. The minimum atomic E-state index is 0.413. The zero-order chi connectivity index (χ0) is 8.93. The zero-order valence-electron chi connectivity index (χ0n) is 7.87. The van der Waals surface area contributed by atoms with Crippen LogP contribution in [0.5, 0.6) is 0 Å².